The van der Waals surface area contributed by atoms with Gasteiger partial charge in [-0.3, -0.25) is 14.6 Å². The van der Waals surface area contributed by atoms with Crippen LogP contribution in [-0.4, -0.2) is 83.0 Å². The molecule has 11 nitrogen and oxygen atoms in total. The van der Waals surface area contributed by atoms with Crippen molar-refractivity contribution in [2.75, 3.05) is 33.9 Å². The number of aliphatic hydroxyl groups excluding tert-OH is 1. The van der Waals surface area contributed by atoms with Crippen molar-refractivity contribution in [1.29, 1.82) is 0 Å². The molecule has 1 fully saturated rings. The first-order chi connectivity index (χ1) is 24.5. The Labute approximate surface area is 307 Å². The summed E-state index contributed by atoms with van der Waals surface area (Å²) >= 11 is 14.1. The number of halogens is 2. The molecule has 0 radical (unpaired) electrons. The van der Waals surface area contributed by atoms with Crippen molar-refractivity contribution in [3.63, 3.8) is 0 Å². The summed E-state index contributed by atoms with van der Waals surface area (Å²) in [5.41, 5.74) is 5.72. The number of aliphatic carboxylic acids is 1. The fraction of sp³-hybridized carbons (Fsp3) is 0.368. The van der Waals surface area contributed by atoms with Gasteiger partial charge in [0.15, 0.2) is 0 Å². The van der Waals surface area contributed by atoms with E-state index < -0.39 is 12.0 Å². The quantitative estimate of drug-likeness (QED) is 0.115. The van der Waals surface area contributed by atoms with Gasteiger partial charge in [-0.15, -0.1) is 0 Å². The minimum absolute atomic E-state index is 0.116. The fourth-order valence-electron chi connectivity index (χ4n) is 6.42. The van der Waals surface area contributed by atoms with E-state index in [0.717, 1.165) is 42.6 Å². The van der Waals surface area contributed by atoms with Gasteiger partial charge >= 0.3 is 5.97 Å². The SMILES string of the molecule is COc1cc(-c2nccc(-c3cccc(-c4ccc(CNC5CCN(C(C)=O)CC5)c(OC)n4)c3Cl)c2Cl)ccc1C(C)NC(CO)CC(=O)O. The smallest absolute Gasteiger partial charge is 0.305 e. The van der Waals surface area contributed by atoms with Gasteiger partial charge in [0.05, 0.1) is 48.7 Å². The van der Waals surface area contributed by atoms with Gasteiger partial charge < -0.3 is 35.2 Å². The number of aliphatic hydroxyl groups is 1. The first-order valence-corrected chi connectivity index (χ1v) is 17.5. The molecular formula is C38H43Cl2N5O6. The maximum atomic E-state index is 11.7. The van der Waals surface area contributed by atoms with Crippen molar-refractivity contribution >= 4 is 35.1 Å². The van der Waals surface area contributed by atoms with E-state index in [-0.39, 0.29) is 25.0 Å². The lowest BCUT2D eigenvalue weighted by Crippen LogP contribution is -2.44. The molecule has 1 amide bonds. The van der Waals surface area contributed by atoms with E-state index >= 15 is 0 Å². The molecule has 5 rings (SSSR count). The second-order valence-corrected chi connectivity index (χ2v) is 13.3. The lowest BCUT2D eigenvalue weighted by molar-refractivity contribution is -0.138. The maximum absolute atomic E-state index is 11.7. The number of carbonyl (C=O) groups is 2. The molecule has 1 aliphatic heterocycles. The third-order valence-corrected chi connectivity index (χ3v) is 10.00. The van der Waals surface area contributed by atoms with Crippen molar-refractivity contribution in [2.24, 2.45) is 0 Å². The molecule has 2 aromatic carbocycles. The second kappa shape index (κ2) is 17.3. The summed E-state index contributed by atoms with van der Waals surface area (Å²) in [5.74, 6) is 0.173. The molecule has 51 heavy (non-hydrogen) atoms. The Hall–Kier alpha value is -4.26. The zero-order valence-corrected chi connectivity index (χ0v) is 30.6. The van der Waals surface area contributed by atoms with Gasteiger partial charge in [0.2, 0.25) is 11.8 Å². The Morgan fingerprint density at radius 2 is 1.73 bits per heavy atom. The minimum atomic E-state index is -1.00. The number of methoxy groups -OCH3 is 2. The molecule has 1 aliphatic rings. The van der Waals surface area contributed by atoms with Crippen molar-refractivity contribution < 1.29 is 29.3 Å². The van der Waals surface area contributed by atoms with Crippen LogP contribution < -0.4 is 20.1 Å². The van der Waals surface area contributed by atoms with Gasteiger partial charge in [-0.2, -0.15) is 0 Å². The largest absolute Gasteiger partial charge is 0.496 e. The van der Waals surface area contributed by atoms with Gasteiger partial charge in [-0.1, -0.05) is 59.6 Å². The Bertz CT molecular complexity index is 1870. The molecular weight excluding hydrogens is 693 g/mol. The number of piperidine rings is 1. The van der Waals surface area contributed by atoms with Crippen LogP contribution in [0.1, 0.15) is 50.3 Å². The lowest BCUT2D eigenvalue weighted by Gasteiger charge is -2.31. The molecule has 270 valence electrons. The van der Waals surface area contributed by atoms with Crippen molar-refractivity contribution in [3.8, 4) is 45.3 Å². The van der Waals surface area contributed by atoms with E-state index in [2.05, 4.69) is 15.6 Å². The highest BCUT2D eigenvalue weighted by Gasteiger charge is 2.23. The van der Waals surface area contributed by atoms with Gasteiger partial charge in [0.1, 0.15) is 5.75 Å². The minimum Gasteiger partial charge on any atom is -0.496 e. The second-order valence-electron chi connectivity index (χ2n) is 12.5. The summed E-state index contributed by atoms with van der Waals surface area (Å²) in [6, 6.07) is 16.4. The van der Waals surface area contributed by atoms with Crippen LogP contribution in [0.25, 0.3) is 33.6 Å². The molecule has 2 unspecified atom stereocenters. The zero-order chi connectivity index (χ0) is 36.7. The number of amides is 1. The van der Waals surface area contributed by atoms with E-state index in [1.54, 1.807) is 27.3 Å². The number of carboxylic acid groups (broad SMARTS) is 1. The third kappa shape index (κ3) is 8.98. The molecule has 4 aromatic rings. The fourth-order valence-corrected chi connectivity index (χ4v) is 7.07. The molecule has 2 aromatic heterocycles. The number of nitrogens with one attached hydrogen (secondary N) is 2. The average molecular weight is 737 g/mol. The Balaban J connectivity index is 1.38. The highest BCUT2D eigenvalue weighted by molar-refractivity contribution is 6.39. The molecule has 2 atom stereocenters. The van der Waals surface area contributed by atoms with Crippen molar-refractivity contribution in [2.45, 2.75) is 57.8 Å². The number of hydrogen-bond acceptors (Lipinski definition) is 9. The summed E-state index contributed by atoms with van der Waals surface area (Å²) in [7, 11) is 3.15. The van der Waals surface area contributed by atoms with Crippen LogP contribution >= 0.6 is 23.2 Å². The summed E-state index contributed by atoms with van der Waals surface area (Å²) in [5, 5.41) is 26.4. The highest BCUT2D eigenvalue weighted by Crippen LogP contribution is 2.42. The van der Waals surface area contributed by atoms with Crippen LogP contribution in [-0.2, 0) is 16.1 Å². The number of ether oxygens (including phenoxy) is 2. The average Bonchev–Trinajstić information content (AvgIpc) is 3.13. The zero-order valence-electron chi connectivity index (χ0n) is 29.1. The number of carboxylic acids is 1. The molecule has 4 N–H and O–H groups in total. The predicted molar refractivity (Wildman–Crippen MR) is 198 cm³/mol. The van der Waals surface area contributed by atoms with E-state index in [0.29, 0.717) is 62.3 Å². The number of likely N-dealkylation sites (tertiary alicyclic amines) is 1. The molecule has 0 saturated carbocycles. The van der Waals surface area contributed by atoms with E-state index in [4.69, 9.17) is 42.8 Å². The molecule has 0 spiro atoms. The first-order valence-electron chi connectivity index (χ1n) is 16.8. The molecule has 1 saturated heterocycles. The van der Waals surface area contributed by atoms with E-state index in [1.807, 2.05) is 66.4 Å². The Kier molecular flexibility index (Phi) is 12.9. The van der Waals surface area contributed by atoms with Gasteiger partial charge in [0, 0.05) is 84.3 Å². The van der Waals surface area contributed by atoms with Gasteiger partial charge in [-0.05, 0) is 38.0 Å². The van der Waals surface area contributed by atoms with E-state index in [1.165, 1.54) is 0 Å². The van der Waals surface area contributed by atoms with Crippen LogP contribution in [0.4, 0.5) is 0 Å². The number of carbonyl (C=O) groups excluding carboxylic acids is 1. The number of benzene rings is 2. The topological polar surface area (TPSA) is 146 Å². The van der Waals surface area contributed by atoms with Gasteiger partial charge in [-0.25, -0.2) is 4.98 Å². The molecule has 0 aliphatic carbocycles. The van der Waals surface area contributed by atoms with Crippen LogP contribution in [0.3, 0.4) is 0 Å². The summed E-state index contributed by atoms with van der Waals surface area (Å²) in [4.78, 5) is 34.1. The maximum Gasteiger partial charge on any atom is 0.305 e. The number of hydrogen-bond donors (Lipinski definition) is 4. The standard InChI is InChI=1S/C38H43Cl2N5O6/c1-22(43-27(21-46)19-34(48)49)28-10-8-24(18-33(28)50-3)37-36(40)30(12-15-41-37)29-6-5-7-31(35(29)39)32-11-9-25(38(44-32)51-4)20-42-26-13-16-45(17-14-26)23(2)47/h5-12,15,18,22,26-27,42-43,46H,13-14,16-17,19-21H2,1-4H3,(H,48,49). The third-order valence-electron chi connectivity index (χ3n) is 9.21. The van der Waals surface area contributed by atoms with Crippen LogP contribution in [0.2, 0.25) is 10.0 Å². The summed E-state index contributed by atoms with van der Waals surface area (Å²) in [6.07, 6.45) is 3.25. The first kappa shape index (κ1) is 38.0. The Morgan fingerprint density at radius 3 is 2.39 bits per heavy atom. The summed E-state index contributed by atoms with van der Waals surface area (Å²) < 4.78 is 11.4. The van der Waals surface area contributed by atoms with Crippen molar-refractivity contribution in [3.05, 3.63) is 82.0 Å². The molecule has 13 heteroatoms. The van der Waals surface area contributed by atoms with E-state index in [9.17, 15) is 14.7 Å². The number of nitrogens with zero attached hydrogens (tertiary/aromatic N) is 3. The summed E-state index contributed by atoms with van der Waals surface area (Å²) in [6.45, 7) is 5.25. The van der Waals surface area contributed by atoms with Crippen LogP contribution in [0.5, 0.6) is 11.6 Å². The molecule has 3 heterocycles. The lowest BCUT2D eigenvalue weighted by atomic mass is 9.98. The number of pyridine rings is 2. The van der Waals surface area contributed by atoms with Gasteiger partial charge in [0.25, 0.3) is 0 Å². The number of aromatic nitrogens is 2. The van der Waals surface area contributed by atoms with Crippen molar-refractivity contribution in [1.82, 2.24) is 25.5 Å². The predicted octanol–water partition coefficient (Wildman–Crippen LogP) is 6.39. The number of rotatable bonds is 14. The molecule has 0 bridgehead atoms. The normalized spacial score (nSPS) is 14.6. The highest BCUT2D eigenvalue weighted by atomic mass is 35.5. The Morgan fingerprint density at radius 1 is 1.00 bits per heavy atom. The van der Waals surface area contributed by atoms with Crippen LogP contribution in [0, 0.1) is 0 Å². The monoisotopic (exact) mass is 735 g/mol. The van der Waals surface area contributed by atoms with Crippen LogP contribution in [0.15, 0.2) is 60.8 Å².